The van der Waals surface area contributed by atoms with Crippen molar-refractivity contribution < 1.29 is 9.41 Å². The number of hydrogen-bond acceptors (Lipinski definition) is 2. The Morgan fingerprint density at radius 1 is 1.00 bits per heavy atom. The van der Waals surface area contributed by atoms with Crippen molar-refractivity contribution in [3.05, 3.63) is 39.9 Å². The van der Waals surface area contributed by atoms with Crippen LogP contribution in [0.25, 0.3) is 0 Å². The molecule has 1 aromatic rings. The molecule has 0 amide bonds. The summed E-state index contributed by atoms with van der Waals surface area (Å²) in [6, 6.07) is 6.95. The summed E-state index contributed by atoms with van der Waals surface area (Å²) in [7, 11) is 2.33. The first kappa shape index (κ1) is 17.6. The van der Waals surface area contributed by atoms with Crippen LogP contribution in [0.3, 0.4) is 0 Å². The van der Waals surface area contributed by atoms with E-state index >= 15 is 0 Å². The van der Waals surface area contributed by atoms with Gasteiger partial charge in [0, 0.05) is 12.1 Å². The molecule has 0 saturated carbocycles. The summed E-state index contributed by atoms with van der Waals surface area (Å²) in [5, 5.41) is 10.6. The summed E-state index contributed by atoms with van der Waals surface area (Å²) >= 11 is 0. The van der Waals surface area contributed by atoms with Crippen molar-refractivity contribution in [2.24, 2.45) is 0 Å². The lowest BCUT2D eigenvalue weighted by molar-refractivity contribution is -0.906. The van der Waals surface area contributed by atoms with Gasteiger partial charge in [0.05, 0.1) is 31.6 Å². The minimum atomic E-state index is -0.347. The molecule has 1 rings (SSSR count). The second-order valence-electron chi connectivity index (χ2n) is 6.06. The van der Waals surface area contributed by atoms with E-state index in [1.165, 1.54) is 55.4 Å². The monoisotopic (exact) mass is 293 g/mol. The first-order valence-electron chi connectivity index (χ1n) is 8.07. The van der Waals surface area contributed by atoms with Crippen LogP contribution in [0.4, 0.5) is 5.69 Å². The Balaban J connectivity index is 2.18. The van der Waals surface area contributed by atoms with E-state index in [2.05, 4.69) is 20.9 Å². The minimum Gasteiger partial charge on any atom is -0.327 e. The van der Waals surface area contributed by atoms with Crippen LogP contribution in [0, 0.1) is 10.1 Å². The number of benzene rings is 1. The van der Waals surface area contributed by atoms with Gasteiger partial charge >= 0.3 is 0 Å². The summed E-state index contributed by atoms with van der Waals surface area (Å²) in [4.78, 5) is 10.2. The zero-order valence-corrected chi connectivity index (χ0v) is 13.7. The van der Waals surface area contributed by atoms with Gasteiger partial charge in [-0.3, -0.25) is 10.1 Å². The van der Waals surface area contributed by atoms with Crippen molar-refractivity contribution >= 4 is 5.69 Å². The normalized spacial score (nSPS) is 11.6. The molecule has 0 aliphatic carbocycles. The Labute approximate surface area is 128 Å². The zero-order chi connectivity index (χ0) is 15.7. The second-order valence-corrected chi connectivity index (χ2v) is 6.06. The van der Waals surface area contributed by atoms with E-state index in [-0.39, 0.29) is 10.6 Å². The molecule has 0 heterocycles. The van der Waals surface area contributed by atoms with E-state index in [4.69, 9.17) is 0 Å². The fourth-order valence-corrected chi connectivity index (χ4v) is 2.50. The van der Waals surface area contributed by atoms with Gasteiger partial charge < -0.3 is 4.48 Å². The number of nitro groups is 1. The van der Waals surface area contributed by atoms with E-state index in [0.29, 0.717) is 0 Å². The maximum Gasteiger partial charge on any atom is 0.269 e. The SMILES string of the molecule is CC[N+](C)(CC)CCCCCCc1ccc([N+](=O)[O-])cc1. The molecule has 0 saturated heterocycles. The topological polar surface area (TPSA) is 43.1 Å². The number of unbranched alkanes of at least 4 members (excludes halogenated alkanes) is 3. The Bertz CT molecular complexity index is 425. The van der Waals surface area contributed by atoms with Crippen molar-refractivity contribution in [3.63, 3.8) is 0 Å². The maximum atomic E-state index is 10.6. The third-order valence-corrected chi connectivity index (χ3v) is 4.59. The molecular formula is C17H29N2O2+. The van der Waals surface area contributed by atoms with Crippen molar-refractivity contribution in [1.82, 2.24) is 0 Å². The highest BCUT2D eigenvalue weighted by Gasteiger charge is 2.14. The number of non-ortho nitro benzene ring substituents is 1. The van der Waals surface area contributed by atoms with Crippen LogP contribution in [-0.2, 0) is 6.42 Å². The largest absolute Gasteiger partial charge is 0.327 e. The van der Waals surface area contributed by atoms with Gasteiger partial charge in [0.15, 0.2) is 0 Å². The molecule has 0 bridgehead atoms. The minimum absolute atomic E-state index is 0.176. The summed E-state index contributed by atoms with van der Waals surface area (Å²) < 4.78 is 1.17. The Morgan fingerprint density at radius 2 is 1.57 bits per heavy atom. The van der Waals surface area contributed by atoms with Crippen LogP contribution in [0.15, 0.2) is 24.3 Å². The fourth-order valence-electron chi connectivity index (χ4n) is 2.50. The number of nitrogens with zero attached hydrogens (tertiary/aromatic N) is 2. The predicted molar refractivity (Wildman–Crippen MR) is 87.4 cm³/mol. The van der Waals surface area contributed by atoms with E-state index in [1.54, 1.807) is 12.1 Å². The molecule has 118 valence electrons. The van der Waals surface area contributed by atoms with Gasteiger partial charge in [-0.05, 0) is 45.1 Å². The van der Waals surface area contributed by atoms with Crippen molar-refractivity contribution in [1.29, 1.82) is 0 Å². The fraction of sp³-hybridized carbons (Fsp3) is 0.647. The number of rotatable bonds is 10. The molecule has 0 unspecified atom stereocenters. The van der Waals surface area contributed by atoms with Gasteiger partial charge in [0.2, 0.25) is 0 Å². The summed E-state index contributed by atoms with van der Waals surface area (Å²) in [6.07, 6.45) is 6.00. The molecule has 0 fully saturated rings. The lowest BCUT2D eigenvalue weighted by Crippen LogP contribution is -2.44. The Hall–Kier alpha value is -1.42. The summed E-state index contributed by atoms with van der Waals surface area (Å²) in [6.45, 7) is 8.21. The molecule has 0 N–H and O–H groups in total. The second kappa shape index (κ2) is 8.78. The van der Waals surface area contributed by atoms with Crippen LogP contribution < -0.4 is 0 Å². The molecule has 0 aliphatic heterocycles. The van der Waals surface area contributed by atoms with E-state index < -0.39 is 0 Å². The number of nitro benzene ring substituents is 1. The summed E-state index contributed by atoms with van der Waals surface area (Å²) in [5.41, 5.74) is 1.37. The molecule has 0 radical (unpaired) electrons. The number of aryl methyl sites for hydroxylation is 1. The first-order valence-corrected chi connectivity index (χ1v) is 8.07. The van der Waals surface area contributed by atoms with E-state index in [9.17, 15) is 10.1 Å². The average molecular weight is 293 g/mol. The third kappa shape index (κ3) is 6.25. The highest BCUT2D eigenvalue weighted by atomic mass is 16.6. The van der Waals surface area contributed by atoms with Crippen LogP contribution in [0.5, 0.6) is 0 Å². The van der Waals surface area contributed by atoms with Crippen molar-refractivity contribution in [3.8, 4) is 0 Å². The van der Waals surface area contributed by atoms with E-state index in [0.717, 1.165) is 6.42 Å². The standard InChI is InChI=1S/C17H29N2O2/c1-4-19(3,5-2)15-9-7-6-8-10-16-11-13-17(14-12-16)18(20)21/h11-14H,4-10,15H2,1-3H3/q+1. The Kier molecular flexibility index (Phi) is 7.37. The first-order chi connectivity index (χ1) is 10.0. The molecule has 0 aliphatic rings. The van der Waals surface area contributed by atoms with Gasteiger partial charge in [-0.2, -0.15) is 0 Å². The molecule has 21 heavy (non-hydrogen) atoms. The van der Waals surface area contributed by atoms with Gasteiger partial charge in [-0.15, -0.1) is 0 Å². The Morgan fingerprint density at radius 3 is 2.10 bits per heavy atom. The van der Waals surface area contributed by atoms with Crippen molar-refractivity contribution in [2.45, 2.75) is 46.0 Å². The molecule has 1 aromatic carbocycles. The summed E-state index contributed by atoms with van der Waals surface area (Å²) in [5.74, 6) is 0. The molecular weight excluding hydrogens is 264 g/mol. The van der Waals surface area contributed by atoms with Gasteiger partial charge in [0.25, 0.3) is 5.69 Å². The van der Waals surface area contributed by atoms with Crippen LogP contribution >= 0.6 is 0 Å². The van der Waals surface area contributed by atoms with E-state index in [1.807, 2.05) is 12.1 Å². The third-order valence-electron chi connectivity index (χ3n) is 4.59. The molecule has 0 atom stereocenters. The zero-order valence-electron chi connectivity index (χ0n) is 13.7. The lowest BCUT2D eigenvalue weighted by atomic mass is 10.1. The molecule has 0 spiro atoms. The predicted octanol–water partition coefficient (Wildman–Crippen LogP) is 4.18. The molecule has 4 nitrogen and oxygen atoms in total. The van der Waals surface area contributed by atoms with Crippen LogP contribution in [-0.4, -0.2) is 36.1 Å². The van der Waals surface area contributed by atoms with Gasteiger partial charge in [-0.1, -0.05) is 18.6 Å². The van der Waals surface area contributed by atoms with Crippen LogP contribution in [0.2, 0.25) is 0 Å². The van der Waals surface area contributed by atoms with Crippen LogP contribution in [0.1, 0.15) is 45.1 Å². The number of quaternary nitrogens is 1. The van der Waals surface area contributed by atoms with Gasteiger partial charge in [0.1, 0.15) is 0 Å². The quantitative estimate of drug-likeness (QED) is 0.281. The highest BCUT2D eigenvalue weighted by molar-refractivity contribution is 5.32. The average Bonchev–Trinajstić information content (AvgIpc) is 2.51. The van der Waals surface area contributed by atoms with Crippen molar-refractivity contribution in [2.75, 3.05) is 26.7 Å². The molecule has 0 aromatic heterocycles. The molecule has 4 heteroatoms. The maximum absolute atomic E-state index is 10.6. The van der Waals surface area contributed by atoms with Gasteiger partial charge in [-0.25, -0.2) is 0 Å². The smallest absolute Gasteiger partial charge is 0.269 e. The lowest BCUT2D eigenvalue weighted by Gasteiger charge is -2.32. The highest BCUT2D eigenvalue weighted by Crippen LogP contribution is 2.15. The number of hydrogen-bond donors (Lipinski definition) is 0.